The minimum atomic E-state index is -2.91. The van der Waals surface area contributed by atoms with Gasteiger partial charge >= 0.3 is 0 Å². The monoisotopic (exact) mass is 322 g/mol. The zero-order chi connectivity index (χ0) is 15.5. The van der Waals surface area contributed by atoms with Crippen molar-refractivity contribution in [3.63, 3.8) is 0 Å². The molecule has 0 aromatic rings. The molecule has 0 spiro atoms. The molecular formula is C12H24BO5PS. The topological polar surface area (TPSA) is 57.2 Å². The molecule has 1 rings (SSSR count). The summed E-state index contributed by atoms with van der Waals surface area (Å²) in [5, 5.41) is 0. The Bertz CT molecular complexity index is 355. The first-order valence-electron chi connectivity index (χ1n) is 6.75. The molecule has 2 radical (unpaired) electrons. The molecule has 8 heteroatoms. The van der Waals surface area contributed by atoms with E-state index < -0.39 is 30.8 Å². The molecule has 1 aliphatic rings. The summed E-state index contributed by atoms with van der Waals surface area (Å²) in [5.74, 6) is 0. The molecule has 0 aliphatic carbocycles. The molecule has 1 unspecified atom stereocenters. The lowest BCUT2D eigenvalue weighted by Gasteiger charge is -2.29. The Labute approximate surface area is 127 Å². The zero-order valence-electron chi connectivity index (χ0n) is 12.7. The fourth-order valence-electron chi connectivity index (χ4n) is 1.87. The van der Waals surface area contributed by atoms with E-state index in [2.05, 4.69) is 0 Å². The fraction of sp³-hybridized carbons (Fsp3) is 1.00. The van der Waals surface area contributed by atoms with Crippen LogP contribution >= 0.6 is 6.49 Å². The highest BCUT2D eigenvalue weighted by Crippen LogP contribution is 2.50. The molecule has 0 aromatic carbocycles. The molecule has 5 atom stereocenters. The molecule has 0 bridgehead atoms. The first-order valence-corrected chi connectivity index (χ1v) is 9.49. The summed E-state index contributed by atoms with van der Waals surface area (Å²) in [7, 11) is 7.42. The quantitative estimate of drug-likeness (QED) is 0.565. The molecule has 1 N–H and O–H groups in total. The van der Waals surface area contributed by atoms with E-state index in [0.29, 0.717) is 6.61 Å². The maximum atomic E-state index is 10.3. The van der Waals surface area contributed by atoms with Crippen molar-refractivity contribution >= 4 is 26.1 Å². The lowest BCUT2D eigenvalue weighted by atomic mass is 9.93. The van der Waals surface area contributed by atoms with E-state index in [-0.39, 0.29) is 11.8 Å². The van der Waals surface area contributed by atoms with Gasteiger partial charge in [0.2, 0.25) is 0 Å². The lowest BCUT2D eigenvalue weighted by molar-refractivity contribution is -0.0433. The minimum absolute atomic E-state index is 0.0688. The third-order valence-corrected chi connectivity index (χ3v) is 6.51. The van der Waals surface area contributed by atoms with Crippen molar-refractivity contribution in [3.8, 4) is 0 Å². The van der Waals surface area contributed by atoms with E-state index in [4.69, 9.17) is 38.4 Å². The van der Waals surface area contributed by atoms with Crippen LogP contribution in [0.5, 0.6) is 0 Å². The van der Waals surface area contributed by atoms with Gasteiger partial charge in [0.1, 0.15) is 26.2 Å². The van der Waals surface area contributed by atoms with E-state index in [1.54, 1.807) is 0 Å². The van der Waals surface area contributed by atoms with Crippen LogP contribution in [0.3, 0.4) is 0 Å². The molecule has 116 valence electrons. The van der Waals surface area contributed by atoms with Crippen LogP contribution in [-0.4, -0.2) is 62.5 Å². The second-order valence-corrected chi connectivity index (χ2v) is 9.39. The van der Waals surface area contributed by atoms with E-state index in [9.17, 15) is 4.89 Å². The Morgan fingerprint density at radius 3 is 2.35 bits per heavy atom. The summed E-state index contributed by atoms with van der Waals surface area (Å²) in [5.41, 5.74) is -0.140. The third-order valence-electron chi connectivity index (χ3n) is 3.14. The summed E-state index contributed by atoms with van der Waals surface area (Å²) in [6, 6.07) is -0.618. The van der Waals surface area contributed by atoms with Gasteiger partial charge in [0.25, 0.3) is 0 Å². The van der Waals surface area contributed by atoms with Gasteiger partial charge in [0.05, 0.1) is 12.7 Å². The Morgan fingerprint density at radius 2 is 1.90 bits per heavy atom. The molecule has 1 aliphatic heterocycles. The third kappa shape index (κ3) is 4.77. The lowest BCUT2D eigenvalue weighted by Crippen LogP contribution is -2.38. The SMILES string of the molecule is [B][C@@H]1O[C@H](COC(C)C)[C@@H](OP(O)(=S)C(C)C)[C@H]1OC. The van der Waals surface area contributed by atoms with Gasteiger partial charge in [-0.05, 0) is 25.7 Å². The average Bonchev–Trinajstić information content (AvgIpc) is 2.61. The highest BCUT2D eigenvalue weighted by atomic mass is 32.5. The van der Waals surface area contributed by atoms with Crippen molar-refractivity contribution in [2.45, 2.75) is 63.8 Å². The van der Waals surface area contributed by atoms with Crippen LogP contribution in [-0.2, 0) is 30.5 Å². The van der Waals surface area contributed by atoms with E-state index in [1.165, 1.54) is 7.11 Å². The Morgan fingerprint density at radius 1 is 1.30 bits per heavy atom. The minimum Gasteiger partial charge on any atom is -0.377 e. The molecule has 0 saturated carbocycles. The zero-order valence-corrected chi connectivity index (χ0v) is 14.4. The van der Waals surface area contributed by atoms with Crippen molar-refractivity contribution < 1.29 is 23.6 Å². The van der Waals surface area contributed by atoms with Gasteiger partial charge < -0.3 is 23.6 Å². The smallest absolute Gasteiger partial charge is 0.189 e. The fourth-order valence-corrected chi connectivity index (χ4v) is 3.01. The van der Waals surface area contributed by atoms with Crippen molar-refractivity contribution in [1.82, 2.24) is 0 Å². The van der Waals surface area contributed by atoms with Crippen LogP contribution in [0.2, 0.25) is 0 Å². The first-order chi connectivity index (χ1) is 9.19. The average molecular weight is 322 g/mol. The van der Waals surface area contributed by atoms with E-state index in [0.717, 1.165) is 0 Å². The summed E-state index contributed by atoms with van der Waals surface area (Å²) in [6.45, 7) is 4.94. The van der Waals surface area contributed by atoms with E-state index in [1.807, 2.05) is 27.7 Å². The van der Waals surface area contributed by atoms with Gasteiger partial charge in [0.15, 0.2) is 6.49 Å². The number of hydrogen-bond donors (Lipinski definition) is 1. The largest absolute Gasteiger partial charge is 0.377 e. The Balaban J connectivity index is 2.80. The molecule has 1 saturated heterocycles. The van der Waals surface area contributed by atoms with Gasteiger partial charge in [-0.2, -0.15) is 0 Å². The maximum Gasteiger partial charge on any atom is 0.189 e. The summed E-state index contributed by atoms with van der Waals surface area (Å²) in [4.78, 5) is 10.3. The summed E-state index contributed by atoms with van der Waals surface area (Å²) >= 11 is 5.18. The van der Waals surface area contributed by atoms with Gasteiger partial charge in [-0.15, -0.1) is 0 Å². The van der Waals surface area contributed by atoms with Crippen molar-refractivity contribution in [1.29, 1.82) is 0 Å². The van der Waals surface area contributed by atoms with Gasteiger partial charge in [-0.25, -0.2) is 0 Å². The van der Waals surface area contributed by atoms with Gasteiger partial charge in [-0.1, -0.05) is 13.8 Å². The predicted octanol–water partition coefficient (Wildman–Crippen LogP) is 1.42. The molecule has 1 fully saturated rings. The second-order valence-electron chi connectivity index (χ2n) is 5.45. The first kappa shape index (κ1) is 18.6. The van der Waals surface area contributed by atoms with Crippen LogP contribution < -0.4 is 0 Å². The van der Waals surface area contributed by atoms with Crippen LogP contribution in [0.4, 0.5) is 0 Å². The van der Waals surface area contributed by atoms with Crippen LogP contribution in [0.25, 0.3) is 0 Å². The maximum absolute atomic E-state index is 10.3. The standard InChI is InChI=1S/C12H24BO5PS/c1-7(2)16-6-9-10(11(15-5)12(13)17-9)18-19(14,20)8(3)4/h7-12H,6H2,1-5H3,(H,14,20)/t9-,10-,11-,12-,19?/m1/s1. The molecule has 0 amide bonds. The molecule has 1 heterocycles. The summed E-state index contributed by atoms with van der Waals surface area (Å²) in [6.07, 6.45) is -1.32. The number of rotatable bonds is 7. The molecule has 0 aromatic heterocycles. The van der Waals surface area contributed by atoms with Gasteiger partial charge in [0, 0.05) is 18.8 Å². The highest BCUT2D eigenvalue weighted by Gasteiger charge is 2.45. The Kier molecular flexibility index (Phi) is 7.13. The van der Waals surface area contributed by atoms with Crippen molar-refractivity contribution in [3.05, 3.63) is 0 Å². The highest BCUT2D eigenvalue weighted by molar-refractivity contribution is 8.09. The number of hydrogen-bond acceptors (Lipinski definition) is 5. The predicted molar refractivity (Wildman–Crippen MR) is 82.8 cm³/mol. The normalized spacial score (nSPS) is 33.8. The van der Waals surface area contributed by atoms with Crippen LogP contribution in [0.1, 0.15) is 27.7 Å². The number of methoxy groups -OCH3 is 1. The van der Waals surface area contributed by atoms with Crippen LogP contribution in [0.15, 0.2) is 0 Å². The Hall–Kier alpha value is 0.515. The molecule has 5 nitrogen and oxygen atoms in total. The van der Waals surface area contributed by atoms with Crippen LogP contribution in [0, 0.1) is 0 Å². The second kappa shape index (κ2) is 7.68. The molecular weight excluding hydrogens is 298 g/mol. The van der Waals surface area contributed by atoms with E-state index >= 15 is 0 Å². The molecule has 20 heavy (non-hydrogen) atoms. The van der Waals surface area contributed by atoms with Crippen molar-refractivity contribution in [2.24, 2.45) is 0 Å². The number of ether oxygens (including phenoxy) is 3. The van der Waals surface area contributed by atoms with Gasteiger partial charge in [-0.3, -0.25) is 0 Å². The van der Waals surface area contributed by atoms with Crippen molar-refractivity contribution in [2.75, 3.05) is 13.7 Å². The summed E-state index contributed by atoms with van der Waals surface area (Å²) < 4.78 is 22.2.